The lowest BCUT2D eigenvalue weighted by molar-refractivity contribution is 0.262. The molecule has 2 aromatic heterocycles. The van der Waals surface area contributed by atoms with Gasteiger partial charge < -0.3 is 16.0 Å². The average molecular weight is 421 g/mol. The van der Waals surface area contributed by atoms with Gasteiger partial charge in [-0.05, 0) is 47.2 Å². The number of amides is 2. The normalized spacial score (nSPS) is 10.6. The van der Waals surface area contributed by atoms with Crippen molar-refractivity contribution in [1.82, 2.24) is 19.5 Å². The number of carbonyl (C=O) groups is 1. The Morgan fingerprint density at radius 1 is 0.781 bits per heavy atom. The predicted octanol–water partition coefficient (Wildman–Crippen LogP) is 5.20. The van der Waals surface area contributed by atoms with Gasteiger partial charge >= 0.3 is 6.03 Å². The molecular weight excluding hydrogens is 402 g/mol. The molecule has 0 saturated carbocycles. The Balaban J connectivity index is 1.22. The molecule has 5 aromatic rings. The molecule has 3 N–H and O–H groups in total. The van der Waals surface area contributed by atoms with Crippen LogP contribution in [0.15, 0.2) is 97.8 Å². The van der Waals surface area contributed by atoms with Crippen LogP contribution >= 0.6 is 0 Å². The highest BCUT2D eigenvalue weighted by atomic mass is 16.2. The third-order valence-electron chi connectivity index (χ3n) is 4.84. The summed E-state index contributed by atoms with van der Waals surface area (Å²) in [6, 6.07) is 22.7. The van der Waals surface area contributed by atoms with Crippen LogP contribution in [0.2, 0.25) is 0 Å². The number of nitrogens with one attached hydrogen (secondary N) is 3. The zero-order valence-corrected chi connectivity index (χ0v) is 16.9. The second kappa shape index (κ2) is 8.57. The van der Waals surface area contributed by atoms with Crippen molar-refractivity contribution >= 4 is 39.7 Å². The molecule has 0 aliphatic carbocycles. The van der Waals surface area contributed by atoms with Crippen molar-refractivity contribution in [2.45, 2.75) is 0 Å². The van der Waals surface area contributed by atoms with Gasteiger partial charge in [0, 0.05) is 35.5 Å². The molecule has 5 rings (SSSR count). The molecule has 0 radical (unpaired) electrons. The molecule has 0 aliphatic rings. The number of hydrogen-bond acceptors (Lipinski definition) is 5. The van der Waals surface area contributed by atoms with E-state index in [1.807, 2.05) is 79.0 Å². The predicted molar refractivity (Wildman–Crippen MR) is 125 cm³/mol. The van der Waals surface area contributed by atoms with Gasteiger partial charge in [0.2, 0.25) is 0 Å². The fourth-order valence-electron chi connectivity index (χ4n) is 3.30. The lowest BCUT2D eigenvalue weighted by Crippen LogP contribution is -2.19. The Bertz CT molecular complexity index is 1370. The number of rotatable bonds is 5. The monoisotopic (exact) mass is 421 g/mol. The second-order valence-corrected chi connectivity index (χ2v) is 7.07. The van der Waals surface area contributed by atoms with Gasteiger partial charge in [0.05, 0.1) is 0 Å². The van der Waals surface area contributed by atoms with E-state index in [-0.39, 0.29) is 6.03 Å². The van der Waals surface area contributed by atoms with Crippen molar-refractivity contribution < 1.29 is 4.79 Å². The Kier molecular flexibility index (Phi) is 5.15. The largest absolute Gasteiger partial charge is 0.340 e. The molecule has 0 spiro atoms. The van der Waals surface area contributed by atoms with E-state index < -0.39 is 0 Å². The molecule has 3 aromatic carbocycles. The minimum Gasteiger partial charge on any atom is -0.340 e. The van der Waals surface area contributed by atoms with E-state index in [0.29, 0.717) is 17.3 Å². The van der Waals surface area contributed by atoms with Crippen LogP contribution in [0.4, 0.5) is 27.7 Å². The first-order chi connectivity index (χ1) is 15.7. The number of nitrogens with zero attached hydrogens (tertiary/aromatic N) is 4. The van der Waals surface area contributed by atoms with Crippen molar-refractivity contribution in [3.63, 3.8) is 0 Å². The van der Waals surface area contributed by atoms with E-state index >= 15 is 0 Å². The number of anilines is 4. The molecule has 0 saturated heterocycles. The number of benzene rings is 3. The van der Waals surface area contributed by atoms with E-state index in [0.717, 1.165) is 22.1 Å². The minimum absolute atomic E-state index is 0.304. The highest BCUT2D eigenvalue weighted by molar-refractivity contribution is 6.01. The summed E-state index contributed by atoms with van der Waals surface area (Å²) in [7, 11) is 0. The Hall–Kier alpha value is -4.72. The molecule has 8 nitrogen and oxygen atoms in total. The van der Waals surface area contributed by atoms with E-state index in [1.165, 1.54) is 6.33 Å². The Morgan fingerprint density at radius 2 is 1.53 bits per heavy atom. The van der Waals surface area contributed by atoms with Crippen LogP contribution in [-0.2, 0) is 0 Å². The summed E-state index contributed by atoms with van der Waals surface area (Å²) in [5, 5.41) is 11.1. The topological polar surface area (TPSA) is 96.8 Å². The van der Waals surface area contributed by atoms with Gasteiger partial charge in [-0.3, -0.25) is 4.57 Å². The summed E-state index contributed by atoms with van der Waals surface area (Å²) in [4.78, 5) is 24.9. The quantitative estimate of drug-likeness (QED) is 0.362. The molecule has 0 aliphatic heterocycles. The maximum absolute atomic E-state index is 12.4. The summed E-state index contributed by atoms with van der Waals surface area (Å²) in [5.41, 5.74) is 2.24. The van der Waals surface area contributed by atoms with E-state index in [1.54, 1.807) is 17.1 Å². The first-order valence-electron chi connectivity index (χ1n) is 9.97. The maximum Gasteiger partial charge on any atom is 0.323 e. The first-order valence-corrected chi connectivity index (χ1v) is 9.97. The summed E-state index contributed by atoms with van der Waals surface area (Å²) >= 11 is 0. The van der Waals surface area contributed by atoms with E-state index in [2.05, 4.69) is 30.9 Å². The number of imidazole rings is 1. The zero-order chi connectivity index (χ0) is 21.8. The molecule has 0 atom stereocenters. The average Bonchev–Trinajstić information content (AvgIpc) is 3.36. The van der Waals surface area contributed by atoms with Gasteiger partial charge in [0.25, 0.3) is 0 Å². The van der Waals surface area contributed by atoms with Gasteiger partial charge in [-0.15, -0.1) is 0 Å². The van der Waals surface area contributed by atoms with Crippen LogP contribution in [-0.4, -0.2) is 25.6 Å². The molecule has 0 bridgehead atoms. The molecule has 0 fully saturated rings. The Labute approximate surface area is 184 Å². The van der Waals surface area contributed by atoms with Crippen LogP contribution < -0.4 is 16.0 Å². The van der Waals surface area contributed by atoms with Crippen molar-refractivity contribution in [2.24, 2.45) is 0 Å². The molecule has 156 valence electrons. The van der Waals surface area contributed by atoms with Gasteiger partial charge in [0.15, 0.2) is 0 Å². The lowest BCUT2D eigenvalue weighted by Gasteiger charge is -2.10. The maximum atomic E-state index is 12.4. The van der Waals surface area contributed by atoms with Crippen LogP contribution in [0.25, 0.3) is 16.6 Å². The van der Waals surface area contributed by atoms with Crippen LogP contribution in [0, 0.1) is 0 Å². The number of fused-ring (bicyclic) bond motifs is 1. The molecule has 8 heteroatoms. The number of carbonyl (C=O) groups excluding carboxylic acids is 1. The van der Waals surface area contributed by atoms with Crippen molar-refractivity contribution in [1.29, 1.82) is 0 Å². The third kappa shape index (κ3) is 4.39. The van der Waals surface area contributed by atoms with Crippen LogP contribution in [0.5, 0.6) is 0 Å². The van der Waals surface area contributed by atoms with Crippen LogP contribution in [0.3, 0.4) is 0 Å². The number of hydrogen-bond donors (Lipinski definition) is 3. The highest BCUT2D eigenvalue weighted by Gasteiger charge is 2.05. The van der Waals surface area contributed by atoms with Gasteiger partial charge in [0.1, 0.15) is 24.3 Å². The molecule has 2 amide bonds. The highest BCUT2D eigenvalue weighted by Crippen LogP contribution is 2.21. The van der Waals surface area contributed by atoms with E-state index in [4.69, 9.17) is 0 Å². The lowest BCUT2D eigenvalue weighted by atomic mass is 10.1. The molecule has 0 unspecified atom stereocenters. The molecule has 32 heavy (non-hydrogen) atoms. The number of urea groups is 1. The third-order valence-corrected chi connectivity index (χ3v) is 4.84. The van der Waals surface area contributed by atoms with Gasteiger partial charge in [-0.2, -0.15) is 0 Å². The smallest absolute Gasteiger partial charge is 0.323 e. The Morgan fingerprint density at radius 3 is 2.34 bits per heavy atom. The minimum atomic E-state index is -0.304. The van der Waals surface area contributed by atoms with Gasteiger partial charge in [-0.25, -0.2) is 19.7 Å². The second-order valence-electron chi connectivity index (χ2n) is 7.07. The fraction of sp³-hybridized carbons (Fsp3) is 0. The standard InChI is InChI=1S/C24H19N7O/c32-24(30-21-6-5-17-3-1-2-4-18(17)13-21)29-20-9-7-19(8-10-20)28-22-14-23(27-15-26-22)31-12-11-25-16-31/h1-16H,(H,26,27,28)(H2,29,30,32). The molecular formula is C24H19N7O. The summed E-state index contributed by atoms with van der Waals surface area (Å²) in [5.74, 6) is 1.36. The van der Waals surface area contributed by atoms with Gasteiger partial charge in [-0.1, -0.05) is 30.3 Å². The summed E-state index contributed by atoms with van der Waals surface area (Å²) in [6.07, 6.45) is 6.67. The summed E-state index contributed by atoms with van der Waals surface area (Å²) in [6.45, 7) is 0. The SMILES string of the molecule is O=C(Nc1ccc(Nc2cc(-n3ccnc3)ncn2)cc1)Nc1ccc2ccccc2c1. The van der Waals surface area contributed by atoms with Crippen molar-refractivity contribution in [3.8, 4) is 5.82 Å². The zero-order valence-electron chi connectivity index (χ0n) is 16.9. The van der Waals surface area contributed by atoms with Crippen molar-refractivity contribution in [3.05, 3.63) is 97.8 Å². The first kappa shape index (κ1) is 19.3. The fourth-order valence-corrected chi connectivity index (χ4v) is 3.30. The molecule has 2 heterocycles. The summed E-state index contributed by atoms with van der Waals surface area (Å²) < 4.78 is 1.80. The number of aromatic nitrogens is 4. The van der Waals surface area contributed by atoms with Crippen molar-refractivity contribution in [2.75, 3.05) is 16.0 Å². The van der Waals surface area contributed by atoms with E-state index in [9.17, 15) is 4.79 Å². The van der Waals surface area contributed by atoms with Crippen LogP contribution in [0.1, 0.15) is 0 Å².